The first-order chi connectivity index (χ1) is 26.7. The van der Waals surface area contributed by atoms with Crippen LogP contribution in [0.15, 0.2) is 30.3 Å². The molecule has 0 radical (unpaired) electrons. The van der Waals surface area contributed by atoms with Crippen molar-refractivity contribution >= 4 is 70.1 Å². The molecule has 21 heteroatoms. The summed E-state index contributed by atoms with van der Waals surface area (Å²) in [5.41, 5.74) is -1.22. The number of hydrogen-bond donors (Lipinski definition) is 2. The van der Waals surface area contributed by atoms with E-state index in [2.05, 4.69) is 34.7 Å². The van der Waals surface area contributed by atoms with Crippen LogP contribution in [0.3, 0.4) is 0 Å². The molecule has 0 spiro atoms. The number of hydrogen-bond acceptors (Lipinski definition) is 6. The summed E-state index contributed by atoms with van der Waals surface area (Å²) in [4.78, 5) is 24.5. The van der Waals surface area contributed by atoms with Gasteiger partial charge >= 0.3 is 24.4 Å². The van der Waals surface area contributed by atoms with E-state index in [9.17, 15) is 35.9 Å². The Hall–Kier alpha value is -3.57. The van der Waals surface area contributed by atoms with Crippen LogP contribution in [0.5, 0.6) is 23.3 Å². The van der Waals surface area contributed by atoms with Crippen LogP contribution >= 0.6 is 58.0 Å². The van der Waals surface area contributed by atoms with Gasteiger partial charge < -0.3 is 20.1 Å². The molecule has 0 atom stereocenters. The number of carbonyl (C=O) groups excluding carboxylic acids is 2. The van der Waals surface area contributed by atoms with Gasteiger partial charge in [-0.1, -0.05) is 110 Å². The van der Waals surface area contributed by atoms with Crippen molar-refractivity contribution in [2.45, 2.75) is 91.4 Å². The minimum absolute atomic E-state index is 0.0119. The van der Waals surface area contributed by atoms with Gasteiger partial charge in [0.25, 0.3) is 5.88 Å². The van der Waals surface area contributed by atoms with Crippen molar-refractivity contribution in [2.24, 2.45) is 0 Å². The number of unbranched alkanes of at least 4 members (excludes halogenated alkanes) is 6. The Bertz CT molecular complexity index is 1960. The van der Waals surface area contributed by atoms with Crippen molar-refractivity contribution < 1.29 is 45.4 Å². The largest absolute Gasteiger partial charge is 0.434 e. The van der Waals surface area contributed by atoms with Crippen molar-refractivity contribution in [3.05, 3.63) is 78.0 Å². The van der Waals surface area contributed by atoms with Crippen molar-refractivity contribution in [1.29, 1.82) is 0 Å². The number of benzene rings is 2. The lowest BCUT2D eigenvalue weighted by Crippen LogP contribution is -2.30. The summed E-state index contributed by atoms with van der Waals surface area (Å²) in [5.74, 6) is -0.620. The fraction of sp³-hybridized carbons (Fsp3) is 0.444. The van der Waals surface area contributed by atoms with Crippen LogP contribution in [0.1, 0.15) is 87.7 Å². The molecule has 0 aliphatic rings. The van der Waals surface area contributed by atoms with E-state index >= 15 is 0 Å². The second-order valence-electron chi connectivity index (χ2n) is 12.5. The third kappa shape index (κ3) is 13.8. The molecular formula is C36H39Cl5F6N6O4. The first kappa shape index (κ1) is 47.8. The Morgan fingerprint density at radius 3 is 1.47 bits per heavy atom. The normalized spacial score (nSPS) is 11.6. The standard InChI is InChI=1S/C18H19Cl3F3N3O2.C18H20Cl2F3N3O2/c1-3-4-5-6-7-25-17(28)27-10(2)14(21)16(26-27)29-15-12(19)8-11(9-13(15)20)18(22,23)24;1-3-4-5-6-7-24-17(27)26-11(2)8-15(25-26)28-16-13(19)9-12(10-14(16)20)18(21,22)23/h8-9H,3-7H2,1-2H3,(H,25,28);8-10H,3-7H2,1-2H3,(H,24,27). The van der Waals surface area contributed by atoms with Crippen LogP contribution in [0, 0.1) is 13.8 Å². The lowest BCUT2D eigenvalue weighted by molar-refractivity contribution is -0.138. The summed E-state index contributed by atoms with van der Waals surface area (Å²) < 4.78 is 89.9. The molecule has 4 aromatic rings. The number of rotatable bonds is 14. The minimum Gasteiger partial charge on any atom is -0.434 e. The quantitative estimate of drug-likeness (QED) is 0.0962. The van der Waals surface area contributed by atoms with Gasteiger partial charge in [-0.05, 0) is 51.0 Å². The van der Waals surface area contributed by atoms with Crippen LogP contribution in [0.25, 0.3) is 0 Å². The van der Waals surface area contributed by atoms with Crippen molar-refractivity contribution in [3.8, 4) is 23.3 Å². The molecule has 2 amide bonds. The van der Waals surface area contributed by atoms with E-state index in [0.717, 1.165) is 72.9 Å². The second kappa shape index (κ2) is 21.4. The van der Waals surface area contributed by atoms with E-state index in [-0.39, 0.29) is 48.4 Å². The molecule has 0 saturated carbocycles. The molecule has 0 unspecified atom stereocenters. The van der Waals surface area contributed by atoms with Crippen LogP contribution in [-0.2, 0) is 12.4 Å². The van der Waals surface area contributed by atoms with Gasteiger partial charge in [0.2, 0.25) is 5.88 Å². The maximum atomic E-state index is 12.8. The summed E-state index contributed by atoms with van der Waals surface area (Å²) in [6.07, 6.45) is -1.13. The van der Waals surface area contributed by atoms with Gasteiger partial charge in [-0.3, -0.25) is 0 Å². The zero-order valence-corrected chi connectivity index (χ0v) is 34.8. The lowest BCUT2D eigenvalue weighted by Gasteiger charge is -2.12. The van der Waals surface area contributed by atoms with Crippen LogP contribution in [0.4, 0.5) is 35.9 Å². The molecule has 0 aliphatic carbocycles. The van der Waals surface area contributed by atoms with Crippen LogP contribution < -0.4 is 20.1 Å². The van der Waals surface area contributed by atoms with Gasteiger partial charge in [0, 0.05) is 19.2 Å². The molecular weight excluding hydrogens is 872 g/mol. The van der Waals surface area contributed by atoms with E-state index in [1.807, 2.05) is 0 Å². The molecule has 2 aromatic heterocycles. The Morgan fingerprint density at radius 1 is 0.632 bits per heavy atom. The number of nitrogens with zero attached hydrogens (tertiary/aromatic N) is 4. The van der Waals surface area contributed by atoms with Gasteiger partial charge in [-0.2, -0.15) is 35.7 Å². The molecule has 0 aliphatic heterocycles. The highest BCUT2D eigenvalue weighted by Crippen LogP contribution is 2.44. The lowest BCUT2D eigenvalue weighted by atomic mass is 10.2. The monoisotopic (exact) mass is 908 g/mol. The molecule has 57 heavy (non-hydrogen) atoms. The molecule has 314 valence electrons. The highest BCUT2D eigenvalue weighted by molar-refractivity contribution is 6.38. The van der Waals surface area contributed by atoms with Gasteiger partial charge in [-0.25, -0.2) is 9.59 Å². The molecule has 10 nitrogen and oxygen atoms in total. The number of carbonyl (C=O) groups is 2. The van der Waals surface area contributed by atoms with E-state index in [4.69, 9.17) is 67.5 Å². The summed E-state index contributed by atoms with van der Waals surface area (Å²) in [6.45, 7) is 8.38. The van der Waals surface area contributed by atoms with Crippen molar-refractivity contribution in [2.75, 3.05) is 13.1 Å². The highest BCUT2D eigenvalue weighted by atomic mass is 35.5. The maximum Gasteiger partial charge on any atom is 0.416 e. The van der Waals surface area contributed by atoms with E-state index < -0.39 is 35.5 Å². The van der Waals surface area contributed by atoms with E-state index in [1.54, 1.807) is 13.8 Å². The molecule has 0 fully saturated rings. The van der Waals surface area contributed by atoms with Gasteiger partial charge in [0.15, 0.2) is 11.5 Å². The Balaban J connectivity index is 0.000000306. The average molecular weight is 911 g/mol. The number of amides is 2. The second-order valence-corrected chi connectivity index (χ2v) is 14.5. The predicted octanol–water partition coefficient (Wildman–Crippen LogP) is 13.5. The molecule has 0 saturated heterocycles. The summed E-state index contributed by atoms with van der Waals surface area (Å²) in [6, 6.07) is 3.34. The Labute approximate surface area is 350 Å². The third-order valence-electron chi connectivity index (χ3n) is 7.93. The van der Waals surface area contributed by atoms with Gasteiger partial charge in [0.1, 0.15) is 5.02 Å². The topological polar surface area (TPSA) is 112 Å². The summed E-state index contributed by atoms with van der Waals surface area (Å²) >= 11 is 29.7. The van der Waals surface area contributed by atoms with E-state index in [1.165, 1.54) is 6.07 Å². The first-order valence-electron chi connectivity index (χ1n) is 17.6. The van der Waals surface area contributed by atoms with Crippen LogP contribution in [0.2, 0.25) is 25.1 Å². The Kier molecular flexibility index (Phi) is 18.0. The average Bonchev–Trinajstić information content (AvgIpc) is 3.64. The number of aromatic nitrogens is 4. The molecule has 0 bridgehead atoms. The fourth-order valence-electron chi connectivity index (χ4n) is 4.91. The molecule has 2 heterocycles. The van der Waals surface area contributed by atoms with Crippen LogP contribution in [-0.4, -0.2) is 44.7 Å². The fourth-order valence-corrected chi connectivity index (χ4v) is 6.19. The third-order valence-corrected chi connectivity index (χ3v) is 9.49. The summed E-state index contributed by atoms with van der Waals surface area (Å²) in [5, 5.41) is 12.1. The number of alkyl halides is 6. The predicted molar refractivity (Wildman–Crippen MR) is 208 cm³/mol. The van der Waals surface area contributed by atoms with Gasteiger partial charge in [-0.15, -0.1) is 10.2 Å². The zero-order valence-electron chi connectivity index (χ0n) is 31.0. The van der Waals surface area contributed by atoms with E-state index in [0.29, 0.717) is 36.6 Å². The SMILES string of the molecule is CCCCCCNC(=O)n1nc(Oc2c(Cl)cc(C(F)(F)F)cc2Cl)c(Cl)c1C.CCCCCCNC(=O)n1nc(Oc2c(Cl)cc(C(F)(F)F)cc2Cl)cc1C. The smallest absolute Gasteiger partial charge is 0.416 e. The Morgan fingerprint density at radius 2 is 1.05 bits per heavy atom. The molecule has 4 rings (SSSR count). The summed E-state index contributed by atoms with van der Waals surface area (Å²) in [7, 11) is 0. The van der Waals surface area contributed by atoms with Gasteiger partial charge in [0.05, 0.1) is 42.6 Å². The number of ether oxygens (including phenoxy) is 2. The first-order valence-corrected chi connectivity index (χ1v) is 19.4. The number of aryl methyl sites for hydroxylation is 1. The zero-order chi connectivity index (χ0) is 42.7. The maximum absolute atomic E-state index is 12.8. The highest BCUT2D eigenvalue weighted by Gasteiger charge is 2.34. The van der Waals surface area contributed by atoms with Crippen molar-refractivity contribution in [1.82, 2.24) is 30.2 Å². The molecule has 2 aromatic carbocycles. The van der Waals surface area contributed by atoms with Crippen molar-refractivity contribution in [3.63, 3.8) is 0 Å². The molecule has 2 N–H and O–H groups in total. The number of halogens is 11. The minimum atomic E-state index is -4.61. The number of nitrogens with one attached hydrogen (secondary N) is 2.